The molecule has 0 saturated carbocycles. The van der Waals surface area contributed by atoms with E-state index >= 15 is 0 Å². The number of phenols is 1. The molecule has 1 heterocycles. The first-order valence-corrected chi connectivity index (χ1v) is 7.28. The fraction of sp³-hybridized carbons (Fsp3) is 0.625. The summed E-state index contributed by atoms with van der Waals surface area (Å²) in [6, 6.07) is 2.61. The molecule has 1 aliphatic heterocycles. The number of phenolic OH excluding ortho intramolecular Hbond substituents is 1. The summed E-state index contributed by atoms with van der Waals surface area (Å²) in [5.74, 6) is -2.75. The number of aromatic hydroxyl groups is 1. The highest BCUT2D eigenvalue weighted by atomic mass is 19.1. The molecule has 0 amide bonds. The molecule has 1 fully saturated rings. The number of rotatable bonds is 3. The smallest absolute Gasteiger partial charge is 0.187 e. The van der Waals surface area contributed by atoms with Crippen LogP contribution in [0.3, 0.4) is 0 Å². The highest BCUT2D eigenvalue weighted by Gasteiger charge is 2.37. The van der Waals surface area contributed by atoms with Gasteiger partial charge in [-0.2, -0.15) is 0 Å². The van der Waals surface area contributed by atoms with Crippen LogP contribution in [0.5, 0.6) is 5.75 Å². The molecule has 0 bridgehead atoms. The topological polar surface area (TPSA) is 44.3 Å². The largest absolute Gasteiger partial charge is 0.503 e. The molecule has 1 aliphatic rings. The monoisotopic (exact) mass is 298 g/mol. The van der Waals surface area contributed by atoms with Gasteiger partial charge in [-0.3, -0.25) is 0 Å². The van der Waals surface area contributed by atoms with E-state index in [9.17, 15) is 8.78 Å². The molecule has 118 valence electrons. The molecule has 0 spiro atoms. The summed E-state index contributed by atoms with van der Waals surface area (Å²) < 4.78 is 26.6. The number of hydrogen-bond donors (Lipinski definition) is 3. The summed E-state index contributed by atoms with van der Waals surface area (Å²) in [5.41, 5.74) is 0.535. The Labute approximate surface area is 124 Å². The van der Waals surface area contributed by atoms with Gasteiger partial charge in [-0.25, -0.2) is 8.78 Å². The van der Waals surface area contributed by atoms with Crippen LogP contribution in [0, 0.1) is 11.6 Å². The van der Waals surface area contributed by atoms with Gasteiger partial charge in [0.1, 0.15) is 0 Å². The van der Waals surface area contributed by atoms with E-state index in [1.165, 1.54) is 12.1 Å². The first kappa shape index (κ1) is 16.2. The molecule has 1 saturated heterocycles. The van der Waals surface area contributed by atoms with Crippen molar-refractivity contribution in [2.24, 2.45) is 0 Å². The molecule has 0 unspecified atom stereocenters. The van der Waals surface area contributed by atoms with Crippen LogP contribution >= 0.6 is 0 Å². The molecule has 0 radical (unpaired) electrons. The highest BCUT2D eigenvalue weighted by molar-refractivity contribution is 5.30. The van der Waals surface area contributed by atoms with Crippen molar-refractivity contribution in [3.8, 4) is 5.75 Å². The number of halogens is 2. The maximum atomic E-state index is 13.3. The molecule has 2 rings (SSSR count). The Morgan fingerprint density at radius 1 is 1.14 bits per heavy atom. The van der Waals surface area contributed by atoms with Gasteiger partial charge < -0.3 is 15.7 Å². The molecule has 5 heteroatoms. The van der Waals surface area contributed by atoms with Gasteiger partial charge in [0.25, 0.3) is 0 Å². The Hall–Kier alpha value is -1.20. The highest BCUT2D eigenvalue weighted by Crippen LogP contribution is 2.29. The Morgan fingerprint density at radius 2 is 1.62 bits per heavy atom. The minimum Gasteiger partial charge on any atom is -0.503 e. The minimum atomic E-state index is -0.919. The van der Waals surface area contributed by atoms with Gasteiger partial charge in [0, 0.05) is 23.7 Å². The maximum Gasteiger partial charge on any atom is 0.187 e. The van der Waals surface area contributed by atoms with Gasteiger partial charge >= 0.3 is 0 Å². The fourth-order valence-electron chi connectivity index (χ4n) is 3.45. The molecule has 0 aliphatic carbocycles. The van der Waals surface area contributed by atoms with E-state index in [0.717, 1.165) is 12.8 Å². The van der Waals surface area contributed by atoms with Crippen molar-refractivity contribution in [2.45, 2.75) is 64.2 Å². The molecular weight excluding hydrogens is 274 g/mol. The summed E-state index contributed by atoms with van der Waals surface area (Å²) in [7, 11) is 0. The molecule has 0 atom stereocenters. The standard InChI is InChI=1S/C16H24F2N2O/c1-15(2)7-11(8-16(3,4)20-15)19-9-10-5-12(17)14(21)13(18)6-10/h5-6,11,19-21H,7-9H2,1-4H3. The summed E-state index contributed by atoms with van der Waals surface area (Å²) in [6.07, 6.45) is 1.89. The van der Waals surface area contributed by atoms with Crippen molar-refractivity contribution in [1.29, 1.82) is 0 Å². The van der Waals surface area contributed by atoms with E-state index in [-0.39, 0.29) is 17.1 Å². The molecule has 3 N–H and O–H groups in total. The maximum absolute atomic E-state index is 13.3. The van der Waals surface area contributed by atoms with E-state index in [0.29, 0.717) is 12.1 Å². The predicted octanol–water partition coefficient (Wildman–Crippen LogP) is 3.07. The van der Waals surface area contributed by atoms with Crippen LogP contribution in [0.2, 0.25) is 0 Å². The van der Waals surface area contributed by atoms with Crippen LogP contribution in [0.4, 0.5) is 8.78 Å². The second-order valence-electron chi connectivity index (χ2n) is 7.29. The van der Waals surface area contributed by atoms with Crippen molar-refractivity contribution in [3.05, 3.63) is 29.3 Å². The lowest BCUT2D eigenvalue weighted by Gasteiger charge is -2.46. The normalized spacial score (nSPS) is 21.4. The number of piperidine rings is 1. The molecule has 1 aromatic rings. The Bertz CT molecular complexity index is 490. The second-order valence-corrected chi connectivity index (χ2v) is 7.29. The summed E-state index contributed by atoms with van der Waals surface area (Å²) in [6.45, 7) is 9.00. The zero-order chi connectivity index (χ0) is 15.8. The summed E-state index contributed by atoms with van der Waals surface area (Å²) in [5, 5.41) is 16.1. The van der Waals surface area contributed by atoms with Gasteiger partial charge in [0.2, 0.25) is 0 Å². The molecular formula is C16H24F2N2O. The number of nitrogens with one attached hydrogen (secondary N) is 2. The fourth-order valence-corrected chi connectivity index (χ4v) is 3.45. The van der Waals surface area contributed by atoms with E-state index in [1.54, 1.807) is 0 Å². The third-order valence-electron chi connectivity index (χ3n) is 3.86. The Morgan fingerprint density at radius 3 is 2.10 bits per heavy atom. The predicted molar refractivity (Wildman–Crippen MR) is 79.2 cm³/mol. The van der Waals surface area contributed by atoms with Gasteiger partial charge in [-0.1, -0.05) is 0 Å². The number of hydrogen-bond acceptors (Lipinski definition) is 3. The number of benzene rings is 1. The van der Waals surface area contributed by atoms with E-state index in [2.05, 4.69) is 38.3 Å². The average Bonchev–Trinajstić information content (AvgIpc) is 2.29. The lowest BCUT2D eigenvalue weighted by Crippen LogP contribution is -2.61. The van der Waals surface area contributed by atoms with Crippen molar-refractivity contribution in [2.75, 3.05) is 0 Å². The van der Waals surface area contributed by atoms with Gasteiger partial charge in [0.05, 0.1) is 0 Å². The van der Waals surface area contributed by atoms with E-state index in [4.69, 9.17) is 5.11 Å². The van der Waals surface area contributed by atoms with Crippen molar-refractivity contribution >= 4 is 0 Å². The zero-order valence-corrected chi connectivity index (χ0v) is 13.1. The molecule has 21 heavy (non-hydrogen) atoms. The molecule has 1 aromatic carbocycles. The minimum absolute atomic E-state index is 0.0187. The van der Waals surface area contributed by atoms with E-state index < -0.39 is 17.4 Å². The average molecular weight is 298 g/mol. The van der Waals surface area contributed by atoms with Crippen LogP contribution in [0.15, 0.2) is 12.1 Å². The van der Waals surface area contributed by atoms with Crippen LogP contribution in [-0.2, 0) is 6.54 Å². The van der Waals surface area contributed by atoms with Crippen LogP contribution in [0.25, 0.3) is 0 Å². The quantitative estimate of drug-likeness (QED) is 0.803. The zero-order valence-electron chi connectivity index (χ0n) is 13.1. The third kappa shape index (κ3) is 4.14. The lowest BCUT2D eigenvalue weighted by molar-refractivity contribution is 0.145. The van der Waals surface area contributed by atoms with Crippen molar-refractivity contribution < 1.29 is 13.9 Å². The SMILES string of the molecule is CC1(C)CC(NCc2cc(F)c(O)c(F)c2)CC(C)(C)N1. The Kier molecular flexibility index (Phi) is 4.26. The lowest BCUT2D eigenvalue weighted by atomic mass is 9.79. The van der Waals surface area contributed by atoms with E-state index in [1.807, 2.05) is 0 Å². The van der Waals surface area contributed by atoms with Crippen molar-refractivity contribution in [3.63, 3.8) is 0 Å². The Balaban J connectivity index is 2.03. The summed E-state index contributed by atoms with van der Waals surface area (Å²) in [4.78, 5) is 0. The van der Waals surface area contributed by atoms with Crippen LogP contribution in [-0.4, -0.2) is 22.2 Å². The summed E-state index contributed by atoms with van der Waals surface area (Å²) >= 11 is 0. The first-order chi connectivity index (χ1) is 9.58. The third-order valence-corrected chi connectivity index (χ3v) is 3.86. The van der Waals surface area contributed by atoms with Crippen LogP contribution in [0.1, 0.15) is 46.1 Å². The first-order valence-electron chi connectivity index (χ1n) is 7.28. The molecule has 3 nitrogen and oxygen atoms in total. The van der Waals surface area contributed by atoms with Gasteiger partial charge in [-0.15, -0.1) is 0 Å². The second kappa shape index (κ2) is 5.54. The van der Waals surface area contributed by atoms with Gasteiger partial charge in [-0.05, 0) is 58.2 Å². The van der Waals surface area contributed by atoms with Crippen LogP contribution < -0.4 is 10.6 Å². The van der Waals surface area contributed by atoms with Crippen molar-refractivity contribution in [1.82, 2.24) is 10.6 Å². The van der Waals surface area contributed by atoms with Gasteiger partial charge in [0.15, 0.2) is 17.4 Å². The molecule has 0 aromatic heterocycles.